The maximum atomic E-state index is 5.77. The first kappa shape index (κ1) is 13.1. The van der Waals surface area contributed by atoms with Crippen LogP contribution >= 0.6 is 23.8 Å². The van der Waals surface area contributed by atoms with Crippen LogP contribution in [-0.4, -0.2) is 42.2 Å². The molecule has 0 radical (unpaired) electrons. The molecule has 0 spiro atoms. The van der Waals surface area contributed by atoms with Crippen LogP contribution in [0.15, 0.2) is 12.3 Å². The third-order valence-electron chi connectivity index (χ3n) is 3.61. The van der Waals surface area contributed by atoms with Crippen LogP contribution in [0, 0.1) is 11.8 Å². The van der Waals surface area contributed by atoms with Crippen LogP contribution in [0.25, 0.3) is 0 Å². The summed E-state index contributed by atoms with van der Waals surface area (Å²) >= 11 is 11.2. The highest BCUT2D eigenvalue weighted by Gasteiger charge is 2.36. The predicted molar refractivity (Wildman–Crippen MR) is 74.2 cm³/mol. The molecule has 1 N–H and O–H groups in total. The van der Waals surface area contributed by atoms with Gasteiger partial charge in [0.05, 0.1) is 6.61 Å². The number of hydrogen-bond donors (Lipinski definition) is 1. The number of thiocarbonyl (C=S) groups is 1. The summed E-state index contributed by atoms with van der Waals surface area (Å²) in [4.78, 5) is 2.02. The second-order valence-corrected chi connectivity index (χ2v) is 5.42. The summed E-state index contributed by atoms with van der Waals surface area (Å²) in [5.41, 5.74) is 0. The van der Waals surface area contributed by atoms with Crippen molar-refractivity contribution in [1.82, 2.24) is 10.2 Å². The molecular weight excluding hydrogens is 256 g/mol. The monoisotopic (exact) mass is 274 g/mol. The fourth-order valence-electron chi connectivity index (χ4n) is 2.73. The number of nitrogens with zero attached hydrogens (tertiary/aromatic N) is 1. The summed E-state index contributed by atoms with van der Waals surface area (Å²) in [6.45, 7) is 1.57. The summed E-state index contributed by atoms with van der Waals surface area (Å²) in [6, 6.07) is 0.416. The number of hydrogen-bond acceptors (Lipinski definition) is 2. The average molecular weight is 275 g/mol. The van der Waals surface area contributed by atoms with Gasteiger partial charge in [0.15, 0.2) is 5.11 Å². The number of alkyl halides is 1. The molecule has 2 rings (SSSR count). The van der Waals surface area contributed by atoms with Crippen LogP contribution < -0.4 is 5.32 Å². The molecular formula is C12H19ClN2OS. The average Bonchev–Trinajstić information content (AvgIpc) is 2.60. The quantitative estimate of drug-likeness (QED) is 0.626. The van der Waals surface area contributed by atoms with E-state index in [-0.39, 0.29) is 0 Å². The maximum absolute atomic E-state index is 5.77. The largest absolute Gasteiger partial charge is 0.384 e. The molecule has 1 heterocycles. The van der Waals surface area contributed by atoms with Crippen molar-refractivity contribution in [2.24, 2.45) is 11.8 Å². The molecule has 1 aliphatic heterocycles. The van der Waals surface area contributed by atoms with Crippen molar-refractivity contribution >= 4 is 28.9 Å². The highest BCUT2D eigenvalue weighted by molar-refractivity contribution is 7.80. The molecule has 0 saturated heterocycles. The van der Waals surface area contributed by atoms with Crippen molar-refractivity contribution in [3.05, 3.63) is 12.3 Å². The zero-order valence-electron chi connectivity index (χ0n) is 10.1. The van der Waals surface area contributed by atoms with Crippen LogP contribution in [-0.2, 0) is 4.74 Å². The van der Waals surface area contributed by atoms with E-state index in [0.717, 1.165) is 18.3 Å². The van der Waals surface area contributed by atoms with Gasteiger partial charge in [0, 0.05) is 37.7 Å². The fraction of sp³-hybridized carbons (Fsp3) is 0.750. The molecule has 1 aliphatic carbocycles. The van der Waals surface area contributed by atoms with Crippen LogP contribution in [0.3, 0.4) is 0 Å². The smallest absolute Gasteiger partial charge is 0.173 e. The third-order valence-corrected chi connectivity index (χ3v) is 4.13. The Bertz CT molecular complexity index is 311. The summed E-state index contributed by atoms with van der Waals surface area (Å²) in [5.74, 6) is 1.71. The topological polar surface area (TPSA) is 24.5 Å². The van der Waals surface area contributed by atoms with Crippen molar-refractivity contribution in [2.75, 3.05) is 26.1 Å². The molecule has 96 valence electrons. The molecule has 1 saturated carbocycles. The Kier molecular flexibility index (Phi) is 4.65. The lowest BCUT2D eigenvalue weighted by Gasteiger charge is -2.26. The Morgan fingerprint density at radius 3 is 3.12 bits per heavy atom. The lowest BCUT2D eigenvalue weighted by atomic mass is 9.98. The molecule has 0 aromatic carbocycles. The molecule has 3 nitrogen and oxygen atoms in total. The summed E-state index contributed by atoms with van der Waals surface area (Å²) in [6.07, 6.45) is 6.76. The number of fused-ring (bicyclic) bond motifs is 1. The highest BCUT2D eigenvalue weighted by atomic mass is 35.5. The van der Waals surface area contributed by atoms with Gasteiger partial charge in [-0.3, -0.25) is 0 Å². The normalized spacial score (nSPS) is 32.2. The van der Waals surface area contributed by atoms with Crippen molar-refractivity contribution in [2.45, 2.75) is 18.9 Å². The van der Waals surface area contributed by atoms with Gasteiger partial charge < -0.3 is 15.0 Å². The molecule has 5 heteroatoms. The number of halogens is 1. The first-order chi connectivity index (χ1) is 8.26. The zero-order valence-corrected chi connectivity index (χ0v) is 11.6. The van der Waals surface area contributed by atoms with Crippen molar-refractivity contribution < 1.29 is 4.74 Å². The number of ether oxygens (including phenoxy) is 1. The van der Waals surface area contributed by atoms with Crippen molar-refractivity contribution in [3.63, 3.8) is 0 Å². The van der Waals surface area contributed by atoms with Crippen molar-refractivity contribution in [1.29, 1.82) is 0 Å². The Balaban J connectivity index is 2.06. The van der Waals surface area contributed by atoms with Crippen LogP contribution in [0.5, 0.6) is 0 Å². The van der Waals surface area contributed by atoms with Crippen molar-refractivity contribution in [3.8, 4) is 0 Å². The van der Waals surface area contributed by atoms with Gasteiger partial charge in [-0.05, 0) is 31.0 Å². The lowest BCUT2D eigenvalue weighted by Crippen LogP contribution is -2.45. The summed E-state index contributed by atoms with van der Waals surface area (Å²) in [7, 11) is 1.76. The van der Waals surface area contributed by atoms with Gasteiger partial charge in [-0.25, -0.2) is 0 Å². The van der Waals surface area contributed by atoms with Gasteiger partial charge in [-0.15, -0.1) is 11.6 Å². The Morgan fingerprint density at radius 2 is 2.41 bits per heavy atom. The second kappa shape index (κ2) is 6.03. The first-order valence-electron chi connectivity index (χ1n) is 6.06. The van der Waals surface area contributed by atoms with E-state index in [0.29, 0.717) is 23.8 Å². The maximum Gasteiger partial charge on any atom is 0.173 e. The Labute approximate surface area is 113 Å². The highest BCUT2D eigenvalue weighted by Crippen LogP contribution is 2.34. The lowest BCUT2D eigenvalue weighted by molar-refractivity contribution is 0.142. The molecule has 0 aromatic rings. The Hall–Kier alpha value is -0.320. The van der Waals surface area contributed by atoms with Crippen LogP contribution in [0.1, 0.15) is 12.8 Å². The van der Waals surface area contributed by atoms with E-state index in [9.17, 15) is 0 Å². The number of nitrogens with one attached hydrogen (secondary N) is 1. The van der Waals surface area contributed by atoms with E-state index in [4.69, 9.17) is 28.6 Å². The molecule has 1 fully saturated rings. The van der Waals surface area contributed by atoms with E-state index < -0.39 is 0 Å². The minimum Gasteiger partial charge on any atom is -0.384 e. The zero-order chi connectivity index (χ0) is 12.3. The van der Waals surface area contributed by atoms with Gasteiger partial charge in [0.2, 0.25) is 0 Å². The first-order valence-corrected chi connectivity index (χ1v) is 7.01. The number of methoxy groups -OCH3 is 1. The molecule has 2 aliphatic rings. The number of rotatable bonds is 4. The SMILES string of the molecule is COCC1CCC2C=CN(CCCl)C(=S)NC21. The van der Waals surface area contributed by atoms with E-state index in [1.165, 1.54) is 12.8 Å². The van der Waals surface area contributed by atoms with E-state index in [2.05, 4.69) is 17.6 Å². The molecule has 0 aromatic heterocycles. The van der Waals surface area contributed by atoms with Gasteiger partial charge in [0.1, 0.15) is 0 Å². The van der Waals surface area contributed by atoms with E-state index in [1.807, 2.05) is 4.90 Å². The third kappa shape index (κ3) is 2.92. The van der Waals surface area contributed by atoms with E-state index in [1.54, 1.807) is 7.11 Å². The van der Waals surface area contributed by atoms with Gasteiger partial charge in [-0.1, -0.05) is 6.08 Å². The minimum atomic E-state index is 0.416. The molecule has 17 heavy (non-hydrogen) atoms. The van der Waals surface area contributed by atoms with Crippen LogP contribution in [0.4, 0.5) is 0 Å². The second-order valence-electron chi connectivity index (χ2n) is 4.66. The Morgan fingerprint density at radius 1 is 1.59 bits per heavy atom. The molecule has 3 unspecified atom stereocenters. The predicted octanol–water partition coefficient (Wildman–Crippen LogP) is 1.97. The fourth-order valence-corrected chi connectivity index (χ4v) is 3.20. The minimum absolute atomic E-state index is 0.416. The van der Waals surface area contributed by atoms with Gasteiger partial charge in [0.25, 0.3) is 0 Å². The van der Waals surface area contributed by atoms with Gasteiger partial charge >= 0.3 is 0 Å². The molecule has 0 amide bonds. The van der Waals surface area contributed by atoms with E-state index >= 15 is 0 Å². The summed E-state index contributed by atoms with van der Waals surface area (Å²) in [5, 5.41) is 4.26. The standard InChI is InChI=1S/C12H19ClN2OS/c1-16-8-10-3-2-9-4-6-15(7-5-13)12(17)14-11(9)10/h4,6,9-11H,2-3,5,7-8H2,1H3,(H,14,17). The van der Waals surface area contributed by atoms with Gasteiger partial charge in [-0.2, -0.15) is 0 Å². The molecule has 3 atom stereocenters. The molecule has 0 bridgehead atoms. The summed E-state index contributed by atoms with van der Waals surface area (Å²) < 4.78 is 5.28. The van der Waals surface area contributed by atoms with Crippen LogP contribution in [0.2, 0.25) is 0 Å².